The number of aliphatic hydroxyl groups is 1. The number of hydrogen-bond acceptors (Lipinski definition) is 7. The molecule has 7 nitrogen and oxygen atoms in total. The Kier molecular flexibility index (Phi) is 5.22. The van der Waals surface area contributed by atoms with Gasteiger partial charge in [-0.15, -0.1) is 5.10 Å². The van der Waals surface area contributed by atoms with Crippen LogP contribution in [-0.4, -0.2) is 56.5 Å². The lowest BCUT2D eigenvalue weighted by Gasteiger charge is -2.27. The predicted molar refractivity (Wildman–Crippen MR) is 96.4 cm³/mol. The highest BCUT2D eigenvalue weighted by Crippen LogP contribution is 2.39. The Bertz CT molecular complexity index is 844. The lowest BCUT2D eigenvalue weighted by molar-refractivity contribution is 0.196. The minimum Gasteiger partial charge on any atom is -0.494 e. The first kappa shape index (κ1) is 17.7. The molecule has 1 aromatic carbocycles. The molecule has 0 amide bonds. The first-order valence-corrected chi connectivity index (χ1v) is 8.95. The number of aryl methyl sites for hydroxylation is 1. The highest BCUT2D eigenvalue weighted by molar-refractivity contribution is 7.17. The second-order valence-electron chi connectivity index (χ2n) is 5.75. The van der Waals surface area contributed by atoms with E-state index in [1.54, 1.807) is 6.92 Å². The molecule has 3 aromatic rings. The standard InChI is InChI=1S/C17H22N4O3S/c1-4-24-13-7-5-12(6-8-13)14(20(3)9-10-22)15-16(23)21-17(25-15)18-11(2)19-21/h5-8,14,22-23H,4,9-10H2,1-3H3. The van der Waals surface area contributed by atoms with Crippen LogP contribution in [0.25, 0.3) is 4.96 Å². The Morgan fingerprint density at radius 2 is 2.04 bits per heavy atom. The van der Waals surface area contributed by atoms with Crippen LogP contribution < -0.4 is 4.74 Å². The first-order valence-electron chi connectivity index (χ1n) is 8.14. The van der Waals surface area contributed by atoms with E-state index >= 15 is 0 Å². The number of rotatable bonds is 7. The number of nitrogens with zero attached hydrogens (tertiary/aromatic N) is 4. The summed E-state index contributed by atoms with van der Waals surface area (Å²) in [5.74, 6) is 1.51. The van der Waals surface area contributed by atoms with Gasteiger partial charge in [0, 0.05) is 6.54 Å². The summed E-state index contributed by atoms with van der Waals surface area (Å²) in [5.41, 5.74) is 0.996. The van der Waals surface area contributed by atoms with E-state index in [1.807, 2.05) is 43.1 Å². The molecule has 2 heterocycles. The summed E-state index contributed by atoms with van der Waals surface area (Å²) in [5, 5.41) is 24.2. The number of aromatic nitrogens is 3. The van der Waals surface area contributed by atoms with E-state index in [4.69, 9.17) is 4.74 Å². The van der Waals surface area contributed by atoms with Crippen molar-refractivity contribution in [3.05, 3.63) is 40.5 Å². The number of hydrogen-bond donors (Lipinski definition) is 2. The molecular weight excluding hydrogens is 340 g/mol. The minimum atomic E-state index is -0.211. The topological polar surface area (TPSA) is 83.1 Å². The van der Waals surface area contributed by atoms with E-state index in [0.717, 1.165) is 16.2 Å². The van der Waals surface area contributed by atoms with Crippen molar-refractivity contribution in [3.8, 4) is 11.6 Å². The Balaban J connectivity index is 2.04. The van der Waals surface area contributed by atoms with E-state index < -0.39 is 0 Å². The van der Waals surface area contributed by atoms with Gasteiger partial charge in [-0.3, -0.25) is 4.90 Å². The Hall–Kier alpha value is -2.16. The molecule has 2 aromatic heterocycles. The van der Waals surface area contributed by atoms with Crippen molar-refractivity contribution in [1.82, 2.24) is 19.5 Å². The summed E-state index contributed by atoms with van der Waals surface area (Å²) in [6.45, 7) is 4.86. The van der Waals surface area contributed by atoms with Gasteiger partial charge in [-0.2, -0.15) is 4.52 Å². The Labute approximate surface area is 150 Å². The number of aliphatic hydroxyl groups excluding tert-OH is 1. The zero-order chi connectivity index (χ0) is 18.0. The fraction of sp³-hybridized carbons (Fsp3) is 0.412. The number of thiazole rings is 1. The van der Waals surface area contributed by atoms with Crippen LogP contribution >= 0.6 is 11.3 Å². The quantitative estimate of drug-likeness (QED) is 0.671. The number of likely N-dealkylation sites (N-methyl/N-ethyl adjacent to an activating group) is 1. The van der Waals surface area contributed by atoms with Gasteiger partial charge < -0.3 is 14.9 Å². The van der Waals surface area contributed by atoms with Crippen molar-refractivity contribution in [1.29, 1.82) is 0 Å². The van der Waals surface area contributed by atoms with Gasteiger partial charge in [0.2, 0.25) is 10.8 Å². The second-order valence-corrected chi connectivity index (χ2v) is 6.76. The molecule has 1 unspecified atom stereocenters. The zero-order valence-electron chi connectivity index (χ0n) is 14.5. The number of benzene rings is 1. The maximum atomic E-state index is 10.6. The minimum absolute atomic E-state index is 0.0324. The monoisotopic (exact) mass is 362 g/mol. The van der Waals surface area contributed by atoms with Crippen molar-refractivity contribution < 1.29 is 14.9 Å². The lowest BCUT2D eigenvalue weighted by Crippen LogP contribution is -2.28. The first-order chi connectivity index (χ1) is 12.0. The van der Waals surface area contributed by atoms with Crippen LogP contribution in [0.4, 0.5) is 0 Å². The molecule has 0 aliphatic heterocycles. The summed E-state index contributed by atoms with van der Waals surface area (Å²) in [7, 11) is 1.91. The van der Waals surface area contributed by atoms with Gasteiger partial charge in [0.15, 0.2) is 0 Å². The molecule has 3 rings (SSSR count). The van der Waals surface area contributed by atoms with Crippen LogP contribution in [0.1, 0.15) is 29.2 Å². The SMILES string of the molecule is CCOc1ccc(C(c2sc3nc(C)nn3c2O)N(C)CCO)cc1. The van der Waals surface area contributed by atoms with Crippen molar-refractivity contribution in [2.45, 2.75) is 19.9 Å². The zero-order valence-corrected chi connectivity index (χ0v) is 15.3. The van der Waals surface area contributed by atoms with Crippen molar-refractivity contribution >= 4 is 16.3 Å². The van der Waals surface area contributed by atoms with Gasteiger partial charge in [0.05, 0.1) is 24.1 Å². The van der Waals surface area contributed by atoms with Gasteiger partial charge in [0.1, 0.15) is 11.6 Å². The van der Waals surface area contributed by atoms with Crippen molar-refractivity contribution in [3.63, 3.8) is 0 Å². The molecule has 0 fully saturated rings. The molecule has 0 radical (unpaired) electrons. The fourth-order valence-electron chi connectivity index (χ4n) is 2.83. The van der Waals surface area contributed by atoms with Gasteiger partial charge >= 0.3 is 0 Å². The van der Waals surface area contributed by atoms with E-state index in [9.17, 15) is 10.2 Å². The van der Waals surface area contributed by atoms with Crippen LogP contribution in [0, 0.1) is 6.92 Å². The Morgan fingerprint density at radius 3 is 2.64 bits per heavy atom. The van der Waals surface area contributed by atoms with Crippen LogP contribution in [0.3, 0.4) is 0 Å². The summed E-state index contributed by atoms with van der Waals surface area (Å²) < 4.78 is 6.96. The van der Waals surface area contributed by atoms with E-state index in [0.29, 0.717) is 23.9 Å². The molecule has 0 bridgehead atoms. The largest absolute Gasteiger partial charge is 0.494 e. The molecule has 25 heavy (non-hydrogen) atoms. The summed E-state index contributed by atoms with van der Waals surface area (Å²) in [6, 6.07) is 7.57. The molecule has 0 saturated heterocycles. The average Bonchev–Trinajstić information content (AvgIpc) is 3.08. The highest BCUT2D eigenvalue weighted by atomic mass is 32.1. The molecule has 0 saturated carbocycles. The summed E-state index contributed by atoms with van der Waals surface area (Å²) in [6.07, 6.45) is 0. The predicted octanol–water partition coefficient (Wildman–Crippen LogP) is 2.22. The smallest absolute Gasteiger partial charge is 0.230 e. The molecule has 2 N–H and O–H groups in total. The van der Waals surface area contributed by atoms with Gasteiger partial charge in [-0.05, 0) is 38.6 Å². The van der Waals surface area contributed by atoms with Gasteiger partial charge in [-0.1, -0.05) is 23.5 Å². The third kappa shape index (κ3) is 3.46. The third-order valence-corrected chi connectivity index (χ3v) is 5.03. The molecule has 8 heteroatoms. The average molecular weight is 362 g/mol. The van der Waals surface area contributed by atoms with Crippen molar-refractivity contribution in [2.75, 3.05) is 26.8 Å². The van der Waals surface area contributed by atoms with Crippen LogP contribution in [0.15, 0.2) is 24.3 Å². The molecule has 1 atom stereocenters. The fourth-order valence-corrected chi connectivity index (χ4v) is 4.03. The second kappa shape index (κ2) is 7.38. The number of aromatic hydroxyl groups is 1. The van der Waals surface area contributed by atoms with E-state index in [-0.39, 0.29) is 18.5 Å². The third-order valence-electron chi connectivity index (χ3n) is 3.95. The van der Waals surface area contributed by atoms with Crippen LogP contribution in [0.2, 0.25) is 0 Å². The van der Waals surface area contributed by atoms with Crippen LogP contribution in [0.5, 0.6) is 11.6 Å². The molecule has 0 aliphatic rings. The Morgan fingerprint density at radius 1 is 1.32 bits per heavy atom. The van der Waals surface area contributed by atoms with Crippen molar-refractivity contribution in [2.24, 2.45) is 0 Å². The van der Waals surface area contributed by atoms with Gasteiger partial charge in [0.25, 0.3) is 0 Å². The molecule has 134 valence electrons. The highest BCUT2D eigenvalue weighted by Gasteiger charge is 2.27. The maximum absolute atomic E-state index is 10.6. The number of fused-ring (bicyclic) bond motifs is 1. The summed E-state index contributed by atoms with van der Waals surface area (Å²) in [4.78, 5) is 7.73. The van der Waals surface area contributed by atoms with E-state index in [2.05, 4.69) is 10.1 Å². The van der Waals surface area contributed by atoms with Gasteiger partial charge in [-0.25, -0.2) is 4.98 Å². The lowest BCUT2D eigenvalue weighted by atomic mass is 10.0. The van der Waals surface area contributed by atoms with Crippen LogP contribution in [-0.2, 0) is 0 Å². The molecule has 0 spiro atoms. The number of ether oxygens (including phenoxy) is 1. The normalized spacial score (nSPS) is 12.8. The maximum Gasteiger partial charge on any atom is 0.230 e. The molecule has 0 aliphatic carbocycles. The van der Waals surface area contributed by atoms with E-state index in [1.165, 1.54) is 15.9 Å². The summed E-state index contributed by atoms with van der Waals surface area (Å²) >= 11 is 1.40. The molecular formula is C17H22N4O3S.